The van der Waals surface area contributed by atoms with E-state index in [1.165, 1.54) is 0 Å². The summed E-state index contributed by atoms with van der Waals surface area (Å²) < 4.78 is 5.80. The first kappa shape index (κ1) is 79.5. The van der Waals surface area contributed by atoms with Crippen LogP contribution in [0.15, 0.2) is 402 Å². The van der Waals surface area contributed by atoms with E-state index in [4.69, 9.17) is 94.7 Å². The quantitative estimate of drug-likeness (QED) is 0.121. The molecule has 30 aromatic rings. The summed E-state index contributed by atoms with van der Waals surface area (Å²) in [6, 6.07) is 111. The number of nitrogens with zero attached hydrogens (tertiary/aromatic N) is 24. The minimum absolute atomic E-state index is 0.438. The topological polar surface area (TPSA) is 285 Å². The third-order valence-corrected chi connectivity index (χ3v) is 26.5. The number of benzene rings is 12. The lowest BCUT2D eigenvalue weighted by Gasteiger charge is -2.14. The Morgan fingerprint density at radius 3 is 0.695 bits per heavy atom. The van der Waals surface area contributed by atoms with Crippen LogP contribution in [0.5, 0.6) is 0 Å². The second-order valence-electron chi connectivity index (χ2n) is 34.4. The molecule has 30 rings (SSSR count). The van der Waals surface area contributed by atoms with Crippen LogP contribution < -0.4 is 0 Å². The Bertz CT molecular complexity index is 9940. The maximum atomic E-state index is 5.24. The van der Waals surface area contributed by atoms with Gasteiger partial charge in [-0.3, -0.25) is 29.9 Å². The van der Waals surface area contributed by atoms with Crippen molar-refractivity contribution in [3.8, 4) is 86.2 Å². The molecule has 0 saturated carbocycles. The Labute approximate surface area is 797 Å². The fourth-order valence-corrected chi connectivity index (χ4v) is 20.1. The number of hydrogen-bond donors (Lipinski definition) is 0. The zero-order chi connectivity index (χ0) is 92.7. The van der Waals surface area contributed by atoms with E-state index in [2.05, 4.69) is 228 Å². The van der Waals surface area contributed by atoms with Crippen molar-refractivity contribution in [3.05, 3.63) is 402 Å². The van der Waals surface area contributed by atoms with Crippen molar-refractivity contribution in [1.82, 2.24) is 118 Å². The van der Waals surface area contributed by atoms with Crippen LogP contribution in [-0.2, 0) is 0 Å². The van der Waals surface area contributed by atoms with Gasteiger partial charge in [-0.05, 0) is 166 Å². The van der Waals surface area contributed by atoms with Crippen LogP contribution >= 0.6 is 0 Å². The molecule has 654 valence electrons. The second kappa shape index (κ2) is 32.4. The van der Waals surface area contributed by atoms with Gasteiger partial charge in [0, 0.05) is 205 Å². The molecule has 141 heavy (non-hydrogen) atoms. The van der Waals surface area contributed by atoms with Crippen molar-refractivity contribution in [2.45, 2.75) is 0 Å². The SMILES string of the molecule is c1cnc2c(c1)cc(-c1nc(-c3cc4cccnc4c4ccccc34)nc(-n3c4ncccc4c4cccnc43)n1)c1ccccc12.c1cnc2c(c1)ccc1c(-c3nc(-c4cccc5c4ccc4cccnc45)nc(-n4c5ncccc5c5cccnc54)n3)cccc12.c1cnc2c(c1)ccc1cc(-c3nc(-c4ccc5c(ccc6cccnc65)c4)nc(-n4c5ncccc5c5cccnc54)n3)ccc12. The highest BCUT2D eigenvalue weighted by Gasteiger charge is 2.28. The molecular formula is C117H66N24. The molecule has 18 heterocycles. The van der Waals surface area contributed by atoms with Crippen molar-refractivity contribution >= 4 is 196 Å². The summed E-state index contributed by atoms with van der Waals surface area (Å²) in [6.07, 6.45) is 21.7. The zero-order valence-electron chi connectivity index (χ0n) is 74.3. The molecule has 24 heteroatoms. The molecule has 12 aromatic carbocycles. The zero-order valence-corrected chi connectivity index (χ0v) is 74.3. The van der Waals surface area contributed by atoms with Crippen LogP contribution in [0.4, 0.5) is 0 Å². The summed E-state index contributed by atoms with van der Waals surface area (Å²) in [6.45, 7) is 0. The lowest BCUT2D eigenvalue weighted by atomic mass is 9.99. The van der Waals surface area contributed by atoms with E-state index in [-0.39, 0.29) is 0 Å². The number of pyridine rings is 12. The summed E-state index contributed by atoms with van der Waals surface area (Å²) in [5, 5.41) is 24.7. The molecule has 0 aliphatic carbocycles. The first-order chi connectivity index (χ1) is 69.9. The summed E-state index contributed by atoms with van der Waals surface area (Å²) in [7, 11) is 0. The molecule has 24 nitrogen and oxygen atoms in total. The smallest absolute Gasteiger partial charge is 0.241 e. The van der Waals surface area contributed by atoms with Gasteiger partial charge in [-0.2, -0.15) is 29.9 Å². The van der Waals surface area contributed by atoms with E-state index >= 15 is 0 Å². The van der Waals surface area contributed by atoms with Gasteiger partial charge in [-0.25, -0.2) is 58.6 Å². The van der Waals surface area contributed by atoms with Gasteiger partial charge < -0.3 is 0 Å². The molecule has 0 atom stereocenters. The molecule has 0 unspecified atom stereocenters. The molecule has 0 aliphatic heterocycles. The van der Waals surface area contributed by atoms with E-state index < -0.39 is 0 Å². The standard InChI is InChI=1S/3C39H22N8/c1-9-27-25(17-15-23-7-3-19-40-33(23)27)29(11-1)35-44-36(30-12-2-10-28-26(30)18-16-24-8-4-20-41-34(24)28)46-39(45-35)47-37-31(13-5-21-42-37)32-14-6-22-43-38(32)47;1-5-23-9-11-25-21-27(13-15-29(25)33(23)40-17-1)35-44-36(28-14-16-30-26(22-28)12-10-24-6-2-18-41-34(24)30)46-39(45-35)47-37-31(7-3-19-42-37)32-8-4-20-43-38(32)47;1-3-13-27-25(11-1)31(21-23-9-5-17-40-33(23)27)35-44-36(32-22-24-10-6-18-41-34(24)28-14-4-2-12-26(28)32)46-39(45-35)47-37-29(15-7-19-42-37)30-16-8-20-43-38(30)47/h3*1-22H. The highest BCUT2D eigenvalue weighted by atomic mass is 15.3. The van der Waals surface area contributed by atoms with Crippen molar-refractivity contribution in [2.75, 3.05) is 0 Å². The van der Waals surface area contributed by atoms with Gasteiger partial charge in [0.2, 0.25) is 17.8 Å². The molecule has 0 spiro atoms. The number of aromatic nitrogens is 24. The third-order valence-electron chi connectivity index (χ3n) is 26.5. The van der Waals surface area contributed by atoms with Gasteiger partial charge in [-0.15, -0.1) is 0 Å². The van der Waals surface area contributed by atoms with Crippen LogP contribution in [0.2, 0.25) is 0 Å². The predicted molar refractivity (Wildman–Crippen MR) is 559 cm³/mol. The fourth-order valence-electron chi connectivity index (χ4n) is 20.1. The maximum absolute atomic E-state index is 5.24. The largest absolute Gasteiger partial charge is 0.256 e. The van der Waals surface area contributed by atoms with Crippen LogP contribution in [-0.4, -0.2) is 118 Å². The molecule has 0 N–H and O–H groups in total. The molecular weight excluding hydrogens is 1740 g/mol. The number of rotatable bonds is 9. The Morgan fingerprint density at radius 2 is 0.362 bits per heavy atom. The van der Waals surface area contributed by atoms with Crippen LogP contribution in [0.1, 0.15) is 0 Å². The van der Waals surface area contributed by atoms with Gasteiger partial charge in [-0.1, -0.05) is 194 Å². The summed E-state index contributed by atoms with van der Waals surface area (Å²) >= 11 is 0. The maximum Gasteiger partial charge on any atom is 0.241 e. The Kier molecular flexibility index (Phi) is 18.3. The minimum atomic E-state index is 0.438. The Hall–Kier alpha value is -20.0. The highest BCUT2D eigenvalue weighted by Crippen LogP contribution is 2.43. The normalized spacial score (nSPS) is 11.8. The van der Waals surface area contributed by atoms with E-state index in [1.807, 2.05) is 160 Å². The lowest BCUT2D eigenvalue weighted by Crippen LogP contribution is -2.08. The first-order valence-electron chi connectivity index (χ1n) is 45.9. The highest BCUT2D eigenvalue weighted by molar-refractivity contribution is 6.17. The Balaban J connectivity index is 0.000000104. The second-order valence-corrected chi connectivity index (χ2v) is 34.4. The average molecular weight is 1810 g/mol. The fraction of sp³-hybridized carbons (Fsp3) is 0. The summed E-state index contributed by atoms with van der Waals surface area (Å²) in [5.74, 6) is 4.61. The number of hydrogen-bond acceptors (Lipinski definition) is 21. The van der Waals surface area contributed by atoms with E-state index in [0.717, 1.165) is 230 Å². The van der Waals surface area contributed by atoms with Crippen LogP contribution in [0.3, 0.4) is 0 Å². The number of fused-ring (bicyclic) bond motifs is 27. The van der Waals surface area contributed by atoms with E-state index in [1.54, 1.807) is 37.2 Å². The van der Waals surface area contributed by atoms with Crippen molar-refractivity contribution < 1.29 is 0 Å². The summed E-state index contributed by atoms with van der Waals surface area (Å²) in [5.41, 5.74) is 15.3. The minimum Gasteiger partial charge on any atom is -0.256 e. The predicted octanol–water partition coefficient (Wildman–Crippen LogP) is 25.5. The summed E-state index contributed by atoms with van der Waals surface area (Å²) in [4.78, 5) is 103. The molecule has 0 radical (unpaired) electrons. The van der Waals surface area contributed by atoms with Gasteiger partial charge in [0.25, 0.3) is 0 Å². The third kappa shape index (κ3) is 13.2. The molecule has 0 fully saturated rings. The van der Waals surface area contributed by atoms with Gasteiger partial charge in [0.05, 0.1) is 33.1 Å². The molecule has 0 amide bonds. The molecule has 0 aliphatic rings. The van der Waals surface area contributed by atoms with Crippen molar-refractivity contribution in [2.24, 2.45) is 0 Å². The molecule has 0 bridgehead atoms. The Morgan fingerprint density at radius 1 is 0.135 bits per heavy atom. The molecule has 18 aromatic heterocycles. The van der Waals surface area contributed by atoms with Gasteiger partial charge in [0.15, 0.2) is 34.9 Å². The average Bonchev–Trinajstić information content (AvgIpc) is 1.11. The van der Waals surface area contributed by atoms with Gasteiger partial charge in [0.1, 0.15) is 33.9 Å². The van der Waals surface area contributed by atoms with Crippen LogP contribution in [0.25, 0.3) is 282 Å². The van der Waals surface area contributed by atoms with Gasteiger partial charge >= 0.3 is 0 Å². The first-order valence-corrected chi connectivity index (χ1v) is 45.9. The molecule has 0 saturated heterocycles. The monoisotopic (exact) mass is 1810 g/mol. The van der Waals surface area contributed by atoms with Crippen molar-refractivity contribution in [3.63, 3.8) is 0 Å². The van der Waals surface area contributed by atoms with E-state index in [0.29, 0.717) is 52.8 Å². The lowest BCUT2D eigenvalue weighted by molar-refractivity contribution is 0.935. The van der Waals surface area contributed by atoms with E-state index in [9.17, 15) is 0 Å². The van der Waals surface area contributed by atoms with Crippen molar-refractivity contribution in [1.29, 1.82) is 0 Å². The van der Waals surface area contributed by atoms with Crippen LogP contribution in [0, 0.1) is 0 Å².